The lowest BCUT2D eigenvalue weighted by Crippen LogP contribution is -2.16. The molecule has 0 aromatic heterocycles. The van der Waals surface area contributed by atoms with Crippen LogP contribution >= 0.6 is 0 Å². The van der Waals surface area contributed by atoms with Crippen LogP contribution in [0.3, 0.4) is 0 Å². The average Bonchev–Trinajstić information content (AvgIpc) is 2.36. The second-order valence-corrected chi connectivity index (χ2v) is 5.75. The van der Waals surface area contributed by atoms with Gasteiger partial charge in [-0.25, -0.2) is 13.6 Å². The van der Waals surface area contributed by atoms with Crippen molar-refractivity contribution in [3.05, 3.63) is 28.3 Å². The number of nitro benzene ring substituents is 1. The predicted octanol–water partition coefficient (Wildman–Crippen LogP) is 1.05. The van der Waals surface area contributed by atoms with Gasteiger partial charge < -0.3 is 9.47 Å². The van der Waals surface area contributed by atoms with Crippen LogP contribution in [-0.2, 0) is 10.0 Å². The molecule has 0 heterocycles. The van der Waals surface area contributed by atoms with E-state index in [2.05, 4.69) is 0 Å². The van der Waals surface area contributed by atoms with Gasteiger partial charge in [0.1, 0.15) is 5.75 Å². The molecule has 0 fully saturated rings. The number of nitrogens with two attached hydrogens (primary N) is 1. The highest BCUT2D eigenvalue weighted by molar-refractivity contribution is 7.89. The topological polar surface area (TPSA) is 122 Å². The molecule has 9 heteroatoms. The molecule has 1 aromatic carbocycles. The van der Waals surface area contributed by atoms with E-state index in [0.717, 1.165) is 0 Å². The van der Waals surface area contributed by atoms with Crippen LogP contribution in [0.5, 0.6) is 11.5 Å². The maximum atomic E-state index is 10.8. The highest BCUT2D eigenvalue weighted by Gasteiger charge is 2.16. The van der Waals surface area contributed by atoms with Crippen molar-refractivity contribution in [1.29, 1.82) is 0 Å². The zero-order chi connectivity index (χ0) is 15.2. The van der Waals surface area contributed by atoms with Crippen LogP contribution in [0.2, 0.25) is 0 Å². The first-order valence-electron chi connectivity index (χ1n) is 5.79. The molecule has 20 heavy (non-hydrogen) atoms. The Bertz CT molecular complexity index is 572. The number of unbranched alkanes of at least 4 members (excludes halogenated alkanes) is 1. The van der Waals surface area contributed by atoms with Gasteiger partial charge >= 0.3 is 5.69 Å². The molecule has 0 unspecified atom stereocenters. The highest BCUT2D eigenvalue weighted by Crippen LogP contribution is 2.31. The van der Waals surface area contributed by atoms with Crippen molar-refractivity contribution in [1.82, 2.24) is 0 Å². The summed E-state index contributed by atoms with van der Waals surface area (Å²) in [6.07, 6.45) is 0.751. The molecular formula is C11H16N2O6S. The van der Waals surface area contributed by atoms with Gasteiger partial charge in [-0.05, 0) is 18.9 Å². The van der Waals surface area contributed by atoms with Crippen molar-refractivity contribution in [3.8, 4) is 11.5 Å². The quantitative estimate of drug-likeness (QED) is 0.435. The normalized spacial score (nSPS) is 11.1. The van der Waals surface area contributed by atoms with Crippen LogP contribution in [-0.4, -0.2) is 32.8 Å². The number of benzene rings is 1. The molecule has 0 saturated heterocycles. The van der Waals surface area contributed by atoms with Gasteiger partial charge in [-0.2, -0.15) is 0 Å². The summed E-state index contributed by atoms with van der Waals surface area (Å²) in [6.45, 7) is 0.156. The summed E-state index contributed by atoms with van der Waals surface area (Å²) in [4.78, 5) is 10.3. The Labute approximate surface area is 116 Å². The van der Waals surface area contributed by atoms with E-state index in [1.807, 2.05) is 0 Å². The van der Waals surface area contributed by atoms with Gasteiger partial charge in [0.2, 0.25) is 15.8 Å². The Balaban J connectivity index is 2.60. The number of nitro groups is 1. The van der Waals surface area contributed by atoms with Crippen molar-refractivity contribution >= 4 is 15.7 Å². The van der Waals surface area contributed by atoms with Crippen LogP contribution in [0.25, 0.3) is 0 Å². The van der Waals surface area contributed by atoms with Crippen molar-refractivity contribution in [2.75, 3.05) is 19.5 Å². The second kappa shape index (κ2) is 7.06. The summed E-state index contributed by atoms with van der Waals surface area (Å²) in [5, 5.41) is 15.7. The van der Waals surface area contributed by atoms with E-state index < -0.39 is 14.9 Å². The van der Waals surface area contributed by atoms with Crippen LogP contribution in [0.4, 0.5) is 5.69 Å². The molecule has 112 valence electrons. The minimum atomic E-state index is -3.49. The van der Waals surface area contributed by atoms with Crippen molar-refractivity contribution in [3.63, 3.8) is 0 Å². The fourth-order valence-electron chi connectivity index (χ4n) is 1.48. The van der Waals surface area contributed by atoms with E-state index in [1.54, 1.807) is 0 Å². The van der Waals surface area contributed by atoms with E-state index in [1.165, 1.54) is 25.3 Å². The summed E-state index contributed by atoms with van der Waals surface area (Å²) in [6, 6.07) is 4.17. The smallest absolute Gasteiger partial charge is 0.311 e. The summed E-state index contributed by atoms with van der Waals surface area (Å²) in [5.41, 5.74) is -0.169. The molecule has 0 aliphatic carbocycles. The van der Waals surface area contributed by atoms with Gasteiger partial charge in [0, 0.05) is 12.1 Å². The zero-order valence-corrected chi connectivity index (χ0v) is 11.8. The Morgan fingerprint density at radius 3 is 2.60 bits per heavy atom. The third-order valence-corrected chi connectivity index (χ3v) is 3.30. The molecule has 0 spiro atoms. The number of primary sulfonamides is 1. The van der Waals surface area contributed by atoms with Crippen molar-refractivity contribution < 1.29 is 22.8 Å². The number of methoxy groups -OCH3 is 1. The van der Waals surface area contributed by atoms with E-state index in [-0.39, 0.29) is 23.8 Å². The largest absolute Gasteiger partial charge is 0.497 e. The van der Waals surface area contributed by atoms with E-state index in [9.17, 15) is 18.5 Å². The molecule has 2 N–H and O–H groups in total. The number of hydrogen-bond donors (Lipinski definition) is 1. The molecule has 0 aliphatic rings. The molecule has 0 saturated carbocycles. The van der Waals surface area contributed by atoms with Crippen molar-refractivity contribution in [2.45, 2.75) is 12.8 Å². The first-order valence-corrected chi connectivity index (χ1v) is 7.51. The summed E-state index contributed by atoms with van der Waals surface area (Å²) < 4.78 is 31.7. The van der Waals surface area contributed by atoms with Gasteiger partial charge in [0.25, 0.3) is 0 Å². The van der Waals surface area contributed by atoms with Crippen LogP contribution in [0.15, 0.2) is 18.2 Å². The van der Waals surface area contributed by atoms with Crippen molar-refractivity contribution in [2.24, 2.45) is 5.14 Å². The molecule has 0 bridgehead atoms. The standard InChI is InChI=1S/C11H16N2O6S/c1-18-9-4-5-10(13(14)15)11(8-9)19-6-2-3-7-20(12,16)17/h4-5,8H,2-3,6-7H2,1H3,(H2,12,16,17). The Hall–Kier alpha value is -1.87. The lowest BCUT2D eigenvalue weighted by Gasteiger charge is -2.08. The third kappa shape index (κ3) is 5.41. The number of sulfonamides is 1. The predicted molar refractivity (Wildman–Crippen MR) is 72.4 cm³/mol. The molecule has 0 radical (unpaired) electrons. The van der Waals surface area contributed by atoms with Crippen LogP contribution in [0, 0.1) is 10.1 Å². The van der Waals surface area contributed by atoms with Gasteiger partial charge in [0.15, 0.2) is 0 Å². The molecule has 0 aliphatic heterocycles. The Morgan fingerprint density at radius 2 is 2.05 bits per heavy atom. The van der Waals surface area contributed by atoms with E-state index in [4.69, 9.17) is 14.6 Å². The maximum absolute atomic E-state index is 10.8. The fourth-order valence-corrected chi connectivity index (χ4v) is 2.08. The fraction of sp³-hybridized carbons (Fsp3) is 0.455. The SMILES string of the molecule is COc1ccc([N+](=O)[O-])c(OCCCCS(N)(=O)=O)c1. The second-order valence-electron chi connectivity index (χ2n) is 4.01. The maximum Gasteiger partial charge on any atom is 0.311 e. The highest BCUT2D eigenvalue weighted by atomic mass is 32.2. The minimum absolute atomic E-state index is 0.0879. The summed E-state index contributed by atoms with van der Waals surface area (Å²) >= 11 is 0. The molecule has 8 nitrogen and oxygen atoms in total. The van der Waals surface area contributed by atoms with E-state index in [0.29, 0.717) is 18.6 Å². The number of rotatable bonds is 8. The summed E-state index contributed by atoms with van der Waals surface area (Å²) in [7, 11) is -2.04. The average molecular weight is 304 g/mol. The molecule has 1 rings (SSSR count). The first kappa shape index (κ1) is 16.2. The number of nitrogens with zero attached hydrogens (tertiary/aromatic N) is 1. The molecular weight excluding hydrogens is 288 g/mol. The lowest BCUT2D eigenvalue weighted by molar-refractivity contribution is -0.385. The summed E-state index contributed by atoms with van der Waals surface area (Å²) in [5.74, 6) is 0.386. The zero-order valence-electron chi connectivity index (χ0n) is 10.9. The van der Waals surface area contributed by atoms with Gasteiger partial charge in [-0.15, -0.1) is 0 Å². The van der Waals surface area contributed by atoms with Gasteiger partial charge in [-0.3, -0.25) is 10.1 Å². The number of ether oxygens (including phenoxy) is 2. The van der Waals surface area contributed by atoms with Gasteiger partial charge in [-0.1, -0.05) is 0 Å². The Morgan fingerprint density at radius 1 is 1.35 bits per heavy atom. The van der Waals surface area contributed by atoms with Crippen LogP contribution in [0.1, 0.15) is 12.8 Å². The first-order chi connectivity index (χ1) is 9.33. The van der Waals surface area contributed by atoms with E-state index >= 15 is 0 Å². The monoisotopic (exact) mass is 304 g/mol. The molecule has 0 atom stereocenters. The third-order valence-electron chi connectivity index (χ3n) is 2.44. The Kier molecular flexibility index (Phi) is 5.71. The molecule has 1 aromatic rings. The van der Waals surface area contributed by atoms with Gasteiger partial charge in [0.05, 0.1) is 24.4 Å². The number of hydrogen-bond acceptors (Lipinski definition) is 6. The molecule has 0 amide bonds. The lowest BCUT2D eigenvalue weighted by atomic mass is 10.2. The van der Waals surface area contributed by atoms with Crippen LogP contribution < -0.4 is 14.6 Å². The minimum Gasteiger partial charge on any atom is -0.497 e.